The minimum atomic E-state index is -0.924. The van der Waals surface area contributed by atoms with E-state index in [1.807, 2.05) is 24.6 Å². The number of aryl methyl sites for hydroxylation is 2. The summed E-state index contributed by atoms with van der Waals surface area (Å²) in [5.74, 6) is 0. The highest BCUT2D eigenvalue weighted by molar-refractivity contribution is 5.20. The molecule has 17 heavy (non-hydrogen) atoms. The van der Waals surface area contributed by atoms with Crippen molar-refractivity contribution >= 4 is 0 Å². The molecule has 2 rings (SSSR count). The van der Waals surface area contributed by atoms with Gasteiger partial charge in [0, 0.05) is 24.2 Å². The predicted octanol–water partition coefficient (Wildman–Crippen LogP) is 2.25. The third-order valence-electron chi connectivity index (χ3n) is 2.95. The van der Waals surface area contributed by atoms with E-state index in [9.17, 15) is 5.11 Å². The van der Waals surface area contributed by atoms with E-state index < -0.39 is 5.60 Å². The maximum absolute atomic E-state index is 10.5. The smallest absolute Gasteiger partial charge is 0.0963 e. The van der Waals surface area contributed by atoms with E-state index in [-0.39, 0.29) is 0 Å². The monoisotopic (exact) mass is 234 g/mol. The van der Waals surface area contributed by atoms with Gasteiger partial charge in [-0.1, -0.05) is 0 Å². The molecule has 1 unspecified atom stereocenters. The molecule has 4 nitrogen and oxygen atoms in total. The second-order valence-corrected chi connectivity index (χ2v) is 4.56. The van der Waals surface area contributed by atoms with Crippen LogP contribution in [0.1, 0.15) is 30.8 Å². The van der Waals surface area contributed by atoms with Crippen molar-refractivity contribution < 1.29 is 9.52 Å². The van der Waals surface area contributed by atoms with Crippen LogP contribution in [0.5, 0.6) is 0 Å². The Labute approximate surface area is 101 Å². The quantitative estimate of drug-likeness (QED) is 0.882. The molecular formula is C13H18N2O2. The zero-order chi connectivity index (χ0) is 12.5. The third-order valence-corrected chi connectivity index (χ3v) is 2.95. The number of hydrogen-bond acceptors (Lipinski definition) is 3. The number of aromatic nitrogens is 2. The molecule has 0 aliphatic rings. The minimum Gasteiger partial charge on any atom is -0.472 e. The molecule has 0 aromatic carbocycles. The van der Waals surface area contributed by atoms with Gasteiger partial charge in [-0.2, -0.15) is 5.10 Å². The van der Waals surface area contributed by atoms with Crippen molar-refractivity contribution in [1.29, 1.82) is 0 Å². The van der Waals surface area contributed by atoms with Gasteiger partial charge in [0.25, 0.3) is 0 Å². The molecule has 0 saturated heterocycles. The molecular weight excluding hydrogens is 216 g/mol. The molecule has 0 amide bonds. The lowest BCUT2D eigenvalue weighted by Gasteiger charge is -2.21. The highest BCUT2D eigenvalue weighted by Crippen LogP contribution is 2.25. The molecule has 0 spiro atoms. The Kier molecular flexibility index (Phi) is 3.07. The van der Waals surface area contributed by atoms with Crippen LogP contribution in [0.25, 0.3) is 0 Å². The van der Waals surface area contributed by atoms with Gasteiger partial charge in [-0.25, -0.2) is 0 Å². The topological polar surface area (TPSA) is 51.2 Å². The van der Waals surface area contributed by atoms with Crippen LogP contribution in [0.4, 0.5) is 0 Å². The molecule has 0 saturated carbocycles. The summed E-state index contributed by atoms with van der Waals surface area (Å²) in [7, 11) is 0. The van der Waals surface area contributed by atoms with Crippen molar-refractivity contribution in [2.45, 2.75) is 39.3 Å². The number of hydrogen-bond donors (Lipinski definition) is 1. The van der Waals surface area contributed by atoms with Crippen molar-refractivity contribution in [3.8, 4) is 0 Å². The lowest BCUT2D eigenvalue weighted by Crippen LogP contribution is -2.25. The van der Waals surface area contributed by atoms with Crippen LogP contribution in [-0.2, 0) is 18.6 Å². The van der Waals surface area contributed by atoms with Crippen LogP contribution in [0, 0.1) is 6.92 Å². The number of furan rings is 1. The molecule has 0 fully saturated rings. The van der Waals surface area contributed by atoms with Gasteiger partial charge < -0.3 is 9.52 Å². The van der Waals surface area contributed by atoms with E-state index in [0.717, 1.165) is 23.5 Å². The van der Waals surface area contributed by atoms with Crippen molar-refractivity contribution in [2.24, 2.45) is 0 Å². The molecule has 1 atom stereocenters. The fourth-order valence-corrected chi connectivity index (χ4v) is 2.04. The maximum Gasteiger partial charge on any atom is 0.0963 e. The Balaban J connectivity index is 2.25. The maximum atomic E-state index is 10.5. The lowest BCUT2D eigenvalue weighted by molar-refractivity contribution is 0.0548. The lowest BCUT2D eigenvalue weighted by atomic mass is 9.93. The van der Waals surface area contributed by atoms with Crippen molar-refractivity contribution in [1.82, 2.24) is 9.78 Å². The second-order valence-electron chi connectivity index (χ2n) is 4.56. The van der Waals surface area contributed by atoms with E-state index in [1.165, 1.54) is 0 Å². The summed E-state index contributed by atoms with van der Waals surface area (Å²) < 4.78 is 6.94. The zero-order valence-electron chi connectivity index (χ0n) is 10.5. The average Bonchev–Trinajstić information content (AvgIpc) is 2.86. The van der Waals surface area contributed by atoms with Gasteiger partial charge in [0.2, 0.25) is 0 Å². The largest absolute Gasteiger partial charge is 0.472 e. The Morgan fingerprint density at radius 3 is 2.88 bits per heavy atom. The summed E-state index contributed by atoms with van der Waals surface area (Å²) in [6, 6.07) is 3.80. The molecule has 0 bridgehead atoms. The molecule has 0 radical (unpaired) electrons. The summed E-state index contributed by atoms with van der Waals surface area (Å²) in [4.78, 5) is 0. The van der Waals surface area contributed by atoms with E-state index >= 15 is 0 Å². The first kappa shape index (κ1) is 11.9. The van der Waals surface area contributed by atoms with Gasteiger partial charge in [-0.15, -0.1) is 0 Å². The van der Waals surface area contributed by atoms with Crippen LogP contribution in [0.3, 0.4) is 0 Å². The van der Waals surface area contributed by atoms with Gasteiger partial charge in [0.1, 0.15) is 0 Å². The van der Waals surface area contributed by atoms with Gasteiger partial charge in [-0.3, -0.25) is 4.68 Å². The van der Waals surface area contributed by atoms with Crippen LogP contribution < -0.4 is 0 Å². The van der Waals surface area contributed by atoms with E-state index in [2.05, 4.69) is 5.10 Å². The first-order chi connectivity index (χ1) is 8.03. The molecule has 2 aromatic heterocycles. The van der Waals surface area contributed by atoms with E-state index in [0.29, 0.717) is 6.42 Å². The highest BCUT2D eigenvalue weighted by atomic mass is 16.3. The Morgan fingerprint density at radius 1 is 1.53 bits per heavy atom. The Hall–Kier alpha value is -1.55. The Morgan fingerprint density at radius 2 is 2.29 bits per heavy atom. The molecule has 92 valence electrons. The van der Waals surface area contributed by atoms with Crippen molar-refractivity contribution in [2.75, 3.05) is 0 Å². The minimum absolute atomic E-state index is 0.529. The molecule has 1 N–H and O–H groups in total. The summed E-state index contributed by atoms with van der Waals surface area (Å²) in [5.41, 5.74) is 1.88. The fraction of sp³-hybridized carbons (Fsp3) is 0.462. The zero-order valence-corrected chi connectivity index (χ0v) is 10.5. The molecule has 2 aromatic rings. The van der Waals surface area contributed by atoms with Gasteiger partial charge in [-0.05, 0) is 32.9 Å². The average molecular weight is 234 g/mol. The van der Waals surface area contributed by atoms with Crippen molar-refractivity contribution in [3.05, 3.63) is 41.6 Å². The first-order valence-electron chi connectivity index (χ1n) is 5.81. The molecule has 0 aliphatic carbocycles. The van der Waals surface area contributed by atoms with Crippen LogP contribution in [0.15, 0.2) is 29.1 Å². The Bertz CT molecular complexity index is 483. The number of rotatable bonds is 4. The fourth-order valence-electron chi connectivity index (χ4n) is 2.04. The first-order valence-corrected chi connectivity index (χ1v) is 5.81. The second kappa shape index (κ2) is 4.37. The SMILES string of the molecule is CCn1nc(C)cc1CC(C)(O)c1ccoc1. The van der Waals surface area contributed by atoms with Gasteiger partial charge in [0.05, 0.1) is 23.8 Å². The highest BCUT2D eigenvalue weighted by Gasteiger charge is 2.26. The summed E-state index contributed by atoms with van der Waals surface area (Å²) in [5, 5.41) is 14.8. The van der Waals surface area contributed by atoms with Crippen LogP contribution in [0.2, 0.25) is 0 Å². The summed E-state index contributed by atoms with van der Waals surface area (Å²) in [6.07, 6.45) is 3.69. The number of aliphatic hydroxyl groups is 1. The van der Waals surface area contributed by atoms with Crippen molar-refractivity contribution in [3.63, 3.8) is 0 Å². The van der Waals surface area contributed by atoms with Gasteiger partial charge >= 0.3 is 0 Å². The predicted molar refractivity (Wildman–Crippen MR) is 64.6 cm³/mol. The van der Waals surface area contributed by atoms with Gasteiger partial charge in [0.15, 0.2) is 0 Å². The summed E-state index contributed by atoms with van der Waals surface area (Å²) >= 11 is 0. The molecule has 4 heteroatoms. The van der Waals surface area contributed by atoms with Crippen LogP contribution in [-0.4, -0.2) is 14.9 Å². The van der Waals surface area contributed by atoms with Crippen LogP contribution >= 0.6 is 0 Å². The van der Waals surface area contributed by atoms with E-state index in [4.69, 9.17) is 4.42 Å². The standard InChI is InChI=1S/C13H18N2O2/c1-4-15-12(7-10(2)14-15)8-13(3,16)11-5-6-17-9-11/h5-7,9,16H,4,8H2,1-3H3. The third kappa shape index (κ3) is 2.42. The normalized spacial score (nSPS) is 14.8. The molecule has 2 heterocycles. The molecule has 0 aliphatic heterocycles. The summed E-state index contributed by atoms with van der Waals surface area (Å²) in [6.45, 7) is 6.61. The van der Waals surface area contributed by atoms with E-state index in [1.54, 1.807) is 25.5 Å². The number of nitrogens with zero attached hydrogens (tertiary/aromatic N) is 2.